The average molecular weight is 272 g/mol. The van der Waals surface area contributed by atoms with Gasteiger partial charge in [-0.05, 0) is 29.8 Å². The fourth-order valence-corrected chi connectivity index (χ4v) is 3.15. The van der Waals surface area contributed by atoms with E-state index in [2.05, 4.69) is 24.3 Å². The quantitative estimate of drug-likeness (QED) is 0.382. The molecule has 2 heteroatoms. The summed E-state index contributed by atoms with van der Waals surface area (Å²) in [6, 6.07) is 20.5. The van der Waals surface area contributed by atoms with Gasteiger partial charge >= 0.3 is 0 Å². The molecule has 0 saturated carbocycles. The van der Waals surface area contributed by atoms with Crippen molar-refractivity contribution in [3.8, 4) is 11.5 Å². The lowest BCUT2D eigenvalue weighted by Gasteiger charge is -2.19. The Hall–Kier alpha value is -2.74. The molecule has 1 aliphatic heterocycles. The summed E-state index contributed by atoms with van der Waals surface area (Å²) in [6.07, 6.45) is 0.850. The third-order valence-corrected chi connectivity index (χ3v) is 4.17. The standard InChI is InChI=1S/C19H12O2/c1-3-7-16-12(5-1)11-15-18(20-16)10-9-14-13-6-2-4-8-17(13)21-19(14)15/h1-10H,11H2. The van der Waals surface area contributed by atoms with Crippen LogP contribution < -0.4 is 4.74 Å². The lowest BCUT2D eigenvalue weighted by molar-refractivity contribution is 0.459. The molecule has 1 aliphatic rings. The van der Waals surface area contributed by atoms with Crippen molar-refractivity contribution in [2.75, 3.05) is 0 Å². The molecule has 0 unspecified atom stereocenters. The van der Waals surface area contributed by atoms with Gasteiger partial charge in [0, 0.05) is 22.8 Å². The molecule has 5 rings (SSSR count). The number of rotatable bonds is 0. The predicted molar refractivity (Wildman–Crippen MR) is 83.0 cm³/mol. The molecule has 2 nitrogen and oxygen atoms in total. The van der Waals surface area contributed by atoms with E-state index in [0.29, 0.717) is 0 Å². The van der Waals surface area contributed by atoms with Crippen molar-refractivity contribution in [3.05, 3.63) is 71.8 Å². The van der Waals surface area contributed by atoms with Crippen molar-refractivity contribution < 1.29 is 9.15 Å². The Morgan fingerprint density at radius 1 is 0.714 bits per heavy atom. The first-order chi connectivity index (χ1) is 10.4. The van der Waals surface area contributed by atoms with Gasteiger partial charge in [-0.15, -0.1) is 0 Å². The largest absolute Gasteiger partial charge is 0.457 e. The summed E-state index contributed by atoms with van der Waals surface area (Å²) in [5, 5.41) is 2.32. The molecule has 0 amide bonds. The number of furan rings is 1. The highest BCUT2D eigenvalue weighted by Gasteiger charge is 2.21. The Balaban J connectivity index is 1.83. The molecule has 0 spiro atoms. The zero-order valence-corrected chi connectivity index (χ0v) is 11.3. The maximum atomic E-state index is 6.09. The molecule has 0 atom stereocenters. The van der Waals surface area contributed by atoms with Crippen molar-refractivity contribution in [3.63, 3.8) is 0 Å². The topological polar surface area (TPSA) is 22.4 Å². The maximum absolute atomic E-state index is 6.09. The summed E-state index contributed by atoms with van der Waals surface area (Å²) < 4.78 is 12.1. The van der Waals surface area contributed by atoms with Crippen LogP contribution in [0.5, 0.6) is 11.5 Å². The van der Waals surface area contributed by atoms with Gasteiger partial charge in [0.2, 0.25) is 0 Å². The monoisotopic (exact) mass is 272 g/mol. The second kappa shape index (κ2) is 3.89. The third kappa shape index (κ3) is 1.47. The maximum Gasteiger partial charge on any atom is 0.142 e. The van der Waals surface area contributed by atoms with Crippen LogP contribution in [0, 0.1) is 0 Å². The zero-order chi connectivity index (χ0) is 13.8. The smallest absolute Gasteiger partial charge is 0.142 e. The SMILES string of the molecule is c1ccc2c(c1)Cc1c(ccc3c1oc1ccccc13)O2. The van der Waals surface area contributed by atoms with Crippen molar-refractivity contribution in [2.24, 2.45) is 0 Å². The molecule has 3 aromatic carbocycles. The Kier molecular flexibility index (Phi) is 2.03. The van der Waals surface area contributed by atoms with E-state index in [-0.39, 0.29) is 0 Å². The average Bonchev–Trinajstić information content (AvgIpc) is 2.92. The number of benzene rings is 3. The van der Waals surface area contributed by atoms with E-state index >= 15 is 0 Å². The van der Waals surface area contributed by atoms with Crippen LogP contribution in [-0.4, -0.2) is 0 Å². The molecule has 0 bridgehead atoms. The fourth-order valence-electron chi connectivity index (χ4n) is 3.15. The third-order valence-electron chi connectivity index (χ3n) is 4.17. The number of hydrogen-bond donors (Lipinski definition) is 0. The number of fused-ring (bicyclic) bond motifs is 6. The fraction of sp³-hybridized carbons (Fsp3) is 0.0526. The van der Waals surface area contributed by atoms with Crippen molar-refractivity contribution in [1.82, 2.24) is 0 Å². The van der Waals surface area contributed by atoms with Crippen LogP contribution in [0.1, 0.15) is 11.1 Å². The van der Waals surface area contributed by atoms with Gasteiger partial charge in [-0.25, -0.2) is 0 Å². The van der Waals surface area contributed by atoms with Crippen LogP contribution in [0.25, 0.3) is 21.9 Å². The van der Waals surface area contributed by atoms with E-state index in [1.165, 1.54) is 5.56 Å². The Morgan fingerprint density at radius 3 is 2.57 bits per heavy atom. The van der Waals surface area contributed by atoms with E-state index in [4.69, 9.17) is 9.15 Å². The first-order valence-corrected chi connectivity index (χ1v) is 7.09. The second-order valence-electron chi connectivity index (χ2n) is 5.40. The summed E-state index contributed by atoms with van der Waals surface area (Å²) in [6.45, 7) is 0. The summed E-state index contributed by atoms with van der Waals surface area (Å²) in [7, 11) is 0. The number of para-hydroxylation sites is 2. The molecule has 0 fully saturated rings. The minimum atomic E-state index is 0.850. The molecule has 4 aromatic rings. The van der Waals surface area contributed by atoms with Crippen LogP contribution in [0.2, 0.25) is 0 Å². The van der Waals surface area contributed by atoms with E-state index in [1.807, 2.05) is 36.4 Å². The molecule has 0 saturated heterocycles. The van der Waals surface area contributed by atoms with Crippen LogP contribution in [-0.2, 0) is 6.42 Å². The van der Waals surface area contributed by atoms with Crippen molar-refractivity contribution in [2.45, 2.75) is 6.42 Å². The number of ether oxygens (including phenoxy) is 1. The lowest BCUT2D eigenvalue weighted by Crippen LogP contribution is -2.02. The van der Waals surface area contributed by atoms with Crippen LogP contribution in [0.15, 0.2) is 65.1 Å². The molecular weight excluding hydrogens is 260 g/mol. The Morgan fingerprint density at radius 2 is 1.57 bits per heavy atom. The van der Waals surface area contributed by atoms with Gasteiger partial charge in [-0.1, -0.05) is 36.4 Å². The van der Waals surface area contributed by atoms with E-state index in [1.54, 1.807) is 0 Å². The van der Waals surface area contributed by atoms with Gasteiger partial charge in [0.25, 0.3) is 0 Å². The van der Waals surface area contributed by atoms with Crippen LogP contribution in [0.4, 0.5) is 0 Å². The summed E-state index contributed by atoms with van der Waals surface area (Å²) in [5.41, 5.74) is 4.23. The minimum absolute atomic E-state index is 0.850. The minimum Gasteiger partial charge on any atom is -0.457 e. The van der Waals surface area contributed by atoms with E-state index in [9.17, 15) is 0 Å². The summed E-state index contributed by atoms with van der Waals surface area (Å²) in [5.74, 6) is 1.85. The Labute approximate surface area is 121 Å². The van der Waals surface area contributed by atoms with E-state index < -0.39 is 0 Å². The van der Waals surface area contributed by atoms with Gasteiger partial charge in [0.1, 0.15) is 22.7 Å². The van der Waals surface area contributed by atoms with Crippen molar-refractivity contribution >= 4 is 21.9 Å². The highest BCUT2D eigenvalue weighted by molar-refractivity contribution is 6.06. The summed E-state index contributed by atoms with van der Waals surface area (Å²) >= 11 is 0. The molecule has 1 aromatic heterocycles. The second-order valence-corrected chi connectivity index (χ2v) is 5.40. The molecule has 21 heavy (non-hydrogen) atoms. The first-order valence-electron chi connectivity index (χ1n) is 7.09. The molecule has 0 aliphatic carbocycles. The van der Waals surface area contributed by atoms with Crippen LogP contribution >= 0.6 is 0 Å². The van der Waals surface area contributed by atoms with E-state index in [0.717, 1.165) is 45.4 Å². The molecule has 0 N–H and O–H groups in total. The van der Waals surface area contributed by atoms with Crippen molar-refractivity contribution in [1.29, 1.82) is 0 Å². The molecule has 2 heterocycles. The van der Waals surface area contributed by atoms with Gasteiger partial charge in [0.05, 0.1) is 0 Å². The molecule has 0 radical (unpaired) electrons. The van der Waals surface area contributed by atoms with Crippen LogP contribution in [0.3, 0.4) is 0 Å². The van der Waals surface area contributed by atoms with Gasteiger partial charge in [-0.2, -0.15) is 0 Å². The highest BCUT2D eigenvalue weighted by atomic mass is 16.5. The van der Waals surface area contributed by atoms with Gasteiger partial charge in [0.15, 0.2) is 0 Å². The molecular formula is C19H12O2. The summed E-state index contributed by atoms with van der Waals surface area (Å²) in [4.78, 5) is 0. The normalized spacial score (nSPS) is 13.0. The lowest BCUT2D eigenvalue weighted by atomic mass is 9.98. The Bertz CT molecular complexity index is 995. The van der Waals surface area contributed by atoms with Gasteiger partial charge in [-0.3, -0.25) is 0 Å². The molecule has 100 valence electrons. The zero-order valence-electron chi connectivity index (χ0n) is 11.3. The highest BCUT2D eigenvalue weighted by Crippen LogP contribution is 2.42. The number of hydrogen-bond acceptors (Lipinski definition) is 2. The first kappa shape index (κ1) is 11.0. The van der Waals surface area contributed by atoms with Gasteiger partial charge < -0.3 is 9.15 Å². The predicted octanol–water partition coefficient (Wildman–Crippen LogP) is 5.28.